The third kappa shape index (κ3) is 1.12. The molecule has 0 aliphatic heterocycles. The molecule has 64 valence electrons. The van der Waals surface area contributed by atoms with E-state index < -0.39 is 0 Å². The molecular weight excluding hydrogens is 153 g/mol. The predicted octanol–water partition coefficient (Wildman–Crippen LogP) is 2.08. The van der Waals surface area contributed by atoms with Crippen LogP contribution in [0.1, 0.15) is 24.0 Å². The maximum Gasteiger partial charge on any atom is 0.128 e. The zero-order chi connectivity index (χ0) is 8.77. The van der Waals surface area contributed by atoms with Crippen LogP contribution in [-0.4, -0.2) is 0 Å². The van der Waals surface area contributed by atoms with E-state index >= 15 is 0 Å². The molecule has 2 N–H and O–H groups in total. The fourth-order valence-electron chi connectivity index (χ4n) is 1.43. The molecule has 1 aromatic carbocycles. The third-order valence-electron chi connectivity index (χ3n) is 2.45. The van der Waals surface area contributed by atoms with Gasteiger partial charge in [0.25, 0.3) is 0 Å². The molecule has 12 heavy (non-hydrogen) atoms. The van der Waals surface area contributed by atoms with Crippen LogP contribution in [0, 0.1) is 12.7 Å². The molecule has 0 heterocycles. The van der Waals surface area contributed by atoms with E-state index in [1.165, 1.54) is 0 Å². The minimum atomic E-state index is -0.349. The van der Waals surface area contributed by atoms with E-state index in [4.69, 9.17) is 5.73 Å². The monoisotopic (exact) mass is 165 g/mol. The number of rotatable bonds is 1. The van der Waals surface area contributed by atoms with E-state index in [2.05, 4.69) is 0 Å². The Kier molecular flexibility index (Phi) is 1.48. The molecule has 0 radical (unpaired) electrons. The highest BCUT2D eigenvalue weighted by Gasteiger charge is 2.41. The second kappa shape index (κ2) is 2.30. The van der Waals surface area contributed by atoms with Crippen molar-refractivity contribution in [3.63, 3.8) is 0 Å². The highest BCUT2D eigenvalue weighted by Crippen LogP contribution is 2.43. The van der Waals surface area contributed by atoms with Crippen molar-refractivity contribution < 1.29 is 4.39 Å². The Morgan fingerprint density at radius 2 is 2.08 bits per heavy atom. The Hall–Kier alpha value is -0.890. The van der Waals surface area contributed by atoms with Crippen molar-refractivity contribution in [1.29, 1.82) is 0 Å². The molecule has 1 fully saturated rings. The van der Waals surface area contributed by atoms with Crippen LogP contribution in [0.4, 0.5) is 4.39 Å². The van der Waals surface area contributed by atoms with Gasteiger partial charge in [-0.15, -0.1) is 0 Å². The van der Waals surface area contributed by atoms with Gasteiger partial charge in [0.2, 0.25) is 0 Å². The molecule has 2 rings (SSSR count). The van der Waals surface area contributed by atoms with Gasteiger partial charge in [0.05, 0.1) is 0 Å². The molecule has 0 amide bonds. The van der Waals surface area contributed by atoms with Crippen LogP contribution < -0.4 is 5.73 Å². The summed E-state index contributed by atoms with van der Waals surface area (Å²) in [5.74, 6) is -0.157. The molecule has 1 saturated carbocycles. The van der Waals surface area contributed by atoms with Crippen molar-refractivity contribution in [2.75, 3.05) is 0 Å². The van der Waals surface area contributed by atoms with Crippen LogP contribution in [0.5, 0.6) is 0 Å². The molecule has 0 aromatic heterocycles. The zero-order valence-electron chi connectivity index (χ0n) is 7.10. The Balaban J connectivity index is 2.45. The van der Waals surface area contributed by atoms with Gasteiger partial charge in [0, 0.05) is 11.1 Å². The second-order valence-electron chi connectivity index (χ2n) is 3.64. The smallest absolute Gasteiger partial charge is 0.128 e. The average molecular weight is 165 g/mol. The summed E-state index contributed by atoms with van der Waals surface area (Å²) in [6, 6.07) is 5.26. The van der Waals surface area contributed by atoms with Crippen molar-refractivity contribution in [1.82, 2.24) is 0 Å². The SMILES string of the molecule is Cc1ccc(C2(N)CC2)c(F)c1. The largest absolute Gasteiger partial charge is 0.321 e. The first-order chi connectivity index (χ1) is 5.62. The van der Waals surface area contributed by atoms with E-state index in [1.807, 2.05) is 13.0 Å². The van der Waals surface area contributed by atoms with Crippen molar-refractivity contribution in [2.45, 2.75) is 25.3 Å². The van der Waals surface area contributed by atoms with Crippen molar-refractivity contribution >= 4 is 0 Å². The Labute approximate surface area is 71.4 Å². The maximum atomic E-state index is 13.3. The van der Waals surface area contributed by atoms with Gasteiger partial charge in [-0.1, -0.05) is 12.1 Å². The number of benzene rings is 1. The molecule has 0 saturated heterocycles. The summed E-state index contributed by atoms with van der Waals surface area (Å²) in [6.45, 7) is 1.88. The summed E-state index contributed by atoms with van der Waals surface area (Å²) < 4.78 is 13.3. The van der Waals surface area contributed by atoms with Crippen molar-refractivity contribution in [2.24, 2.45) is 5.73 Å². The lowest BCUT2D eigenvalue weighted by Gasteiger charge is -2.10. The lowest BCUT2D eigenvalue weighted by atomic mass is 10.0. The number of nitrogens with two attached hydrogens (primary N) is 1. The van der Waals surface area contributed by atoms with Crippen molar-refractivity contribution in [3.05, 3.63) is 35.1 Å². The van der Waals surface area contributed by atoms with Crippen LogP contribution in [0.3, 0.4) is 0 Å². The predicted molar refractivity (Wildman–Crippen MR) is 46.2 cm³/mol. The summed E-state index contributed by atoms with van der Waals surface area (Å²) in [5, 5.41) is 0. The summed E-state index contributed by atoms with van der Waals surface area (Å²) in [6.07, 6.45) is 1.82. The van der Waals surface area contributed by atoms with Gasteiger partial charge in [-0.25, -0.2) is 4.39 Å². The van der Waals surface area contributed by atoms with Gasteiger partial charge in [0.15, 0.2) is 0 Å². The number of hydrogen-bond acceptors (Lipinski definition) is 1. The minimum Gasteiger partial charge on any atom is -0.321 e. The van der Waals surface area contributed by atoms with Crippen LogP contribution >= 0.6 is 0 Å². The maximum absolute atomic E-state index is 13.3. The summed E-state index contributed by atoms with van der Waals surface area (Å²) >= 11 is 0. The fraction of sp³-hybridized carbons (Fsp3) is 0.400. The molecule has 0 unspecified atom stereocenters. The Morgan fingerprint density at radius 1 is 1.42 bits per heavy atom. The minimum absolute atomic E-state index is 0.157. The Bertz CT molecular complexity index is 316. The van der Waals surface area contributed by atoms with Gasteiger partial charge < -0.3 is 5.73 Å². The molecule has 0 spiro atoms. The highest BCUT2D eigenvalue weighted by molar-refractivity contribution is 5.33. The van der Waals surface area contributed by atoms with Crippen LogP contribution in [-0.2, 0) is 5.54 Å². The molecule has 2 heteroatoms. The van der Waals surface area contributed by atoms with Gasteiger partial charge >= 0.3 is 0 Å². The average Bonchev–Trinajstić information content (AvgIpc) is 2.68. The third-order valence-corrected chi connectivity index (χ3v) is 2.45. The molecule has 0 bridgehead atoms. The first kappa shape index (κ1) is 7.74. The molecule has 1 aromatic rings. The summed E-state index contributed by atoms with van der Waals surface area (Å²) in [5.41, 5.74) is 7.15. The normalized spacial score (nSPS) is 19.2. The molecule has 1 aliphatic carbocycles. The highest BCUT2D eigenvalue weighted by atomic mass is 19.1. The second-order valence-corrected chi connectivity index (χ2v) is 3.64. The van der Waals surface area contributed by atoms with Gasteiger partial charge in [-0.3, -0.25) is 0 Å². The lowest BCUT2D eigenvalue weighted by molar-refractivity contribution is 0.577. The van der Waals surface area contributed by atoms with Crippen molar-refractivity contribution in [3.8, 4) is 0 Å². The van der Waals surface area contributed by atoms with Crippen LogP contribution in [0.2, 0.25) is 0 Å². The van der Waals surface area contributed by atoms with E-state index in [-0.39, 0.29) is 11.4 Å². The van der Waals surface area contributed by atoms with E-state index in [1.54, 1.807) is 12.1 Å². The molecule has 1 aliphatic rings. The standard InChI is InChI=1S/C10H12FN/c1-7-2-3-8(9(11)6-7)10(12)4-5-10/h2-3,6H,4-5,12H2,1H3. The number of halogens is 1. The fourth-order valence-corrected chi connectivity index (χ4v) is 1.43. The topological polar surface area (TPSA) is 26.0 Å². The molecular formula is C10H12FN. The van der Waals surface area contributed by atoms with E-state index in [9.17, 15) is 4.39 Å². The van der Waals surface area contributed by atoms with Crippen LogP contribution in [0.15, 0.2) is 18.2 Å². The van der Waals surface area contributed by atoms with Gasteiger partial charge in [-0.05, 0) is 31.4 Å². The van der Waals surface area contributed by atoms with E-state index in [0.717, 1.165) is 18.4 Å². The summed E-state index contributed by atoms with van der Waals surface area (Å²) in [4.78, 5) is 0. The first-order valence-corrected chi connectivity index (χ1v) is 4.17. The number of aryl methyl sites for hydroxylation is 1. The quantitative estimate of drug-likeness (QED) is 0.677. The zero-order valence-corrected chi connectivity index (χ0v) is 7.10. The number of hydrogen-bond donors (Lipinski definition) is 1. The molecule has 0 atom stereocenters. The summed E-state index contributed by atoms with van der Waals surface area (Å²) in [7, 11) is 0. The van der Waals surface area contributed by atoms with Gasteiger partial charge in [-0.2, -0.15) is 0 Å². The van der Waals surface area contributed by atoms with Gasteiger partial charge in [0.1, 0.15) is 5.82 Å². The Morgan fingerprint density at radius 3 is 2.58 bits per heavy atom. The molecule has 1 nitrogen and oxygen atoms in total. The van der Waals surface area contributed by atoms with E-state index in [0.29, 0.717) is 5.56 Å². The van der Waals surface area contributed by atoms with Crippen LogP contribution in [0.25, 0.3) is 0 Å². The lowest BCUT2D eigenvalue weighted by Crippen LogP contribution is -2.20. The first-order valence-electron chi connectivity index (χ1n) is 4.17.